The molecule has 1 N–H and O–H groups in total. The largest absolute Gasteiger partial charge is 0.478 e. The van der Waals surface area contributed by atoms with Crippen LogP contribution in [0.15, 0.2) is 12.1 Å². The molecule has 0 atom stereocenters. The van der Waals surface area contributed by atoms with E-state index in [1.54, 1.807) is 12.1 Å². The predicted molar refractivity (Wildman–Crippen MR) is 65.6 cm³/mol. The van der Waals surface area contributed by atoms with E-state index in [0.29, 0.717) is 5.56 Å². The van der Waals surface area contributed by atoms with Gasteiger partial charge in [-0.2, -0.15) is 0 Å². The van der Waals surface area contributed by atoms with Crippen LogP contribution in [-0.4, -0.2) is 54.2 Å². The molecule has 0 saturated carbocycles. The molecule has 92 valence electrons. The molecule has 1 aromatic rings. The number of aryl methyl sites for hydroxylation is 1. The molecular weight excluding hydrogens is 218 g/mol. The lowest BCUT2D eigenvalue weighted by atomic mass is 10.2. The van der Waals surface area contributed by atoms with Crippen LogP contribution in [0, 0.1) is 6.92 Å². The van der Waals surface area contributed by atoms with Gasteiger partial charge in [0.1, 0.15) is 5.82 Å². The third kappa shape index (κ3) is 2.74. The van der Waals surface area contributed by atoms with Crippen molar-refractivity contribution in [3.05, 3.63) is 23.4 Å². The number of rotatable bonds is 2. The molecule has 2 rings (SSSR count). The molecule has 0 radical (unpaired) electrons. The van der Waals surface area contributed by atoms with E-state index in [4.69, 9.17) is 5.11 Å². The molecule has 1 aliphatic rings. The van der Waals surface area contributed by atoms with Crippen LogP contribution in [0.3, 0.4) is 0 Å². The highest BCUT2D eigenvalue weighted by atomic mass is 16.4. The Labute approximate surface area is 101 Å². The van der Waals surface area contributed by atoms with E-state index in [1.807, 2.05) is 6.92 Å². The Balaban J connectivity index is 2.23. The van der Waals surface area contributed by atoms with Gasteiger partial charge in [-0.05, 0) is 26.1 Å². The Kier molecular flexibility index (Phi) is 3.28. The highest BCUT2D eigenvalue weighted by Gasteiger charge is 2.17. The number of likely N-dealkylation sites (N-methyl/N-ethyl adjacent to an activating group) is 1. The summed E-state index contributed by atoms with van der Waals surface area (Å²) in [4.78, 5) is 19.8. The summed E-state index contributed by atoms with van der Waals surface area (Å²) in [6.07, 6.45) is 0. The van der Waals surface area contributed by atoms with Crippen molar-refractivity contribution < 1.29 is 9.90 Å². The lowest BCUT2D eigenvalue weighted by Crippen LogP contribution is -2.44. The van der Waals surface area contributed by atoms with Gasteiger partial charge in [0.2, 0.25) is 0 Å². The molecule has 1 aliphatic heterocycles. The molecule has 0 amide bonds. The first-order valence-electron chi connectivity index (χ1n) is 5.72. The third-order valence-corrected chi connectivity index (χ3v) is 3.01. The lowest BCUT2D eigenvalue weighted by molar-refractivity contribution is 0.0696. The smallest absolute Gasteiger partial charge is 0.335 e. The number of nitrogens with zero attached hydrogens (tertiary/aromatic N) is 3. The second-order valence-corrected chi connectivity index (χ2v) is 4.45. The lowest BCUT2D eigenvalue weighted by Gasteiger charge is -2.33. The van der Waals surface area contributed by atoms with Crippen LogP contribution in [0.2, 0.25) is 0 Å². The Morgan fingerprint density at radius 1 is 1.29 bits per heavy atom. The summed E-state index contributed by atoms with van der Waals surface area (Å²) in [7, 11) is 2.09. The van der Waals surface area contributed by atoms with Gasteiger partial charge in [0.15, 0.2) is 0 Å². The summed E-state index contributed by atoms with van der Waals surface area (Å²) in [6.45, 7) is 5.58. The number of piperazine rings is 1. The zero-order valence-corrected chi connectivity index (χ0v) is 10.2. The summed E-state index contributed by atoms with van der Waals surface area (Å²) in [5.41, 5.74) is 1.06. The van der Waals surface area contributed by atoms with Gasteiger partial charge in [0.05, 0.1) is 5.56 Å². The molecule has 5 heteroatoms. The molecule has 0 aliphatic carbocycles. The number of aromatic carboxylic acids is 1. The van der Waals surface area contributed by atoms with E-state index >= 15 is 0 Å². The van der Waals surface area contributed by atoms with Crippen molar-refractivity contribution >= 4 is 11.8 Å². The fraction of sp³-hybridized carbons (Fsp3) is 0.500. The van der Waals surface area contributed by atoms with Crippen molar-refractivity contribution in [1.82, 2.24) is 9.88 Å². The molecule has 0 bridgehead atoms. The van der Waals surface area contributed by atoms with E-state index in [2.05, 4.69) is 21.8 Å². The molecule has 1 fully saturated rings. The van der Waals surface area contributed by atoms with Gasteiger partial charge < -0.3 is 14.9 Å². The molecule has 1 saturated heterocycles. The number of carbonyl (C=O) groups is 1. The second kappa shape index (κ2) is 4.71. The number of anilines is 1. The van der Waals surface area contributed by atoms with Gasteiger partial charge in [-0.1, -0.05) is 0 Å². The molecule has 1 aromatic heterocycles. The predicted octanol–water partition coefficient (Wildman–Crippen LogP) is 0.840. The molecule has 5 nitrogen and oxygen atoms in total. The minimum atomic E-state index is -0.897. The van der Waals surface area contributed by atoms with Crippen LogP contribution in [0.1, 0.15) is 16.1 Å². The van der Waals surface area contributed by atoms with Crippen molar-refractivity contribution in [2.45, 2.75) is 6.92 Å². The maximum absolute atomic E-state index is 11.0. The summed E-state index contributed by atoms with van der Waals surface area (Å²) >= 11 is 0. The van der Waals surface area contributed by atoms with Gasteiger partial charge in [-0.25, -0.2) is 9.78 Å². The van der Waals surface area contributed by atoms with Gasteiger partial charge >= 0.3 is 5.97 Å². The second-order valence-electron chi connectivity index (χ2n) is 4.45. The minimum absolute atomic E-state index is 0.312. The van der Waals surface area contributed by atoms with E-state index in [1.165, 1.54) is 0 Å². The van der Waals surface area contributed by atoms with Gasteiger partial charge in [-0.3, -0.25) is 0 Å². The average Bonchev–Trinajstić information content (AvgIpc) is 2.29. The number of hydrogen-bond donors (Lipinski definition) is 1. The summed E-state index contributed by atoms with van der Waals surface area (Å²) in [5.74, 6) is -0.124. The zero-order valence-electron chi connectivity index (χ0n) is 10.2. The highest BCUT2D eigenvalue weighted by molar-refractivity contribution is 5.88. The van der Waals surface area contributed by atoms with Crippen molar-refractivity contribution in [3.63, 3.8) is 0 Å². The molecule has 0 unspecified atom stereocenters. The topological polar surface area (TPSA) is 56.7 Å². The van der Waals surface area contributed by atoms with Crippen LogP contribution in [0.25, 0.3) is 0 Å². The fourth-order valence-electron chi connectivity index (χ4n) is 1.97. The van der Waals surface area contributed by atoms with Crippen LogP contribution >= 0.6 is 0 Å². The minimum Gasteiger partial charge on any atom is -0.478 e. The normalized spacial score (nSPS) is 17.2. The Bertz CT molecular complexity index is 426. The molecular formula is C12H17N3O2. The van der Waals surface area contributed by atoms with Crippen molar-refractivity contribution in [1.29, 1.82) is 0 Å². The standard InChI is InChI=1S/C12H17N3O2/c1-9-7-10(12(16)17)8-11(13-9)15-5-3-14(2)4-6-15/h7-8H,3-6H2,1-2H3,(H,16,17). The SMILES string of the molecule is Cc1cc(C(=O)O)cc(N2CCN(C)CC2)n1. The Morgan fingerprint density at radius 2 is 1.94 bits per heavy atom. The van der Waals surface area contributed by atoms with Gasteiger partial charge in [0.25, 0.3) is 0 Å². The Morgan fingerprint density at radius 3 is 2.53 bits per heavy atom. The molecule has 0 spiro atoms. The summed E-state index contributed by atoms with van der Waals surface area (Å²) in [6, 6.07) is 3.25. The highest BCUT2D eigenvalue weighted by Crippen LogP contribution is 2.16. The van der Waals surface area contributed by atoms with Crippen LogP contribution in [0.5, 0.6) is 0 Å². The van der Waals surface area contributed by atoms with Gasteiger partial charge in [-0.15, -0.1) is 0 Å². The first-order valence-corrected chi connectivity index (χ1v) is 5.72. The molecule has 0 aromatic carbocycles. The zero-order chi connectivity index (χ0) is 12.4. The number of aromatic nitrogens is 1. The maximum atomic E-state index is 11.0. The maximum Gasteiger partial charge on any atom is 0.335 e. The van der Waals surface area contributed by atoms with Crippen LogP contribution < -0.4 is 4.90 Å². The van der Waals surface area contributed by atoms with Crippen molar-refractivity contribution in [2.24, 2.45) is 0 Å². The Hall–Kier alpha value is -1.62. The number of carboxylic acid groups (broad SMARTS) is 1. The quantitative estimate of drug-likeness (QED) is 0.823. The van der Waals surface area contributed by atoms with Crippen molar-refractivity contribution in [2.75, 3.05) is 38.1 Å². The fourth-order valence-corrected chi connectivity index (χ4v) is 1.97. The van der Waals surface area contributed by atoms with E-state index in [9.17, 15) is 4.79 Å². The number of carboxylic acids is 1. The van der Waals surface area contributed by atoms with E-state index in [-0.39, 0.29) is 0 Å². The summed E-state index contributed by atoms with van der Waals surface area (Å²) < 4.78 is 0. The van der Waals surface area contributed by atoms with Crippen molar-refractivity contribution in [3.8, 4) is 0 Å². The van der Waals surface area contributed by atoms with Crippen LogP contribution in [0.4, 0.5) is 5.82 Å². The monoisotopic (exact) mass is 235 g/mol. The van der Waals surface area contributed by atoms with Crippen LogP contribution in [-0.2, 0) is 0 Å². The van der Waals surface area contributed by atoms with E-state index in [0.717, 1.165) is 37.7 Å². The third-order valence-electron chi connectivity index (χ3n) is 3.01. The number of hydrogen-bond acceptors (Lipinski definition) is 4. The molecule has 2 heterocycles. The summed E-state index contributed by atoms with van der Waals surface area (Å²) in [5, 5.41) is 9.02. The number of pyridine rings is 1. The first-order chi connectivity index (χ1) is 8.06. The first kappa shape index (κ1) is 11.9. The van der Waals surface area contributed by atoms with E-state index < -0.39 is 5.97 Å². The average molecular weight is 235 g/mol. The van der Waals surface area contributed by atoms with Gasteiger partial charge in [0, 0.05) is 31.9 Å². The molecule has 17 heavy (non-hydrogen) atoms.